The molecule has 0 saturated carbocycles. The van der Waals surface area contributed by atoms with E-state index in [0.717, 1.165) is 4.90 Å². The maximum atomic E-state index is 12.6. The molecular weight excluding hydrogens is 202 g/mol. The minimum absolute atomic E-state index is 0.104. The zero-order valence-electron chi connectivity index (χ0n) is 7.64. The molecule has 2 nitrogen and oxygen atoms in total. The van der Waals surface area contributed by atoms with E-state index in [1.54, 1.807) is 6.92 Å². The number of alkyl halides is 4. The van der Waals surface area contributed by atoms with E-state index in [0.29, 0.717) is 6.42 Å². The highest BCUT2D eigenvalue weighted by molar-refractivity contribution is 5.84. The van der Waals surface area contributed by atoms with Gasteiger partial charge in [0.15, 0.2) is 0 Å². The third-order valence-corrected chi connectivity index (χ3v) is 2.27. The van der Waals surface area contributed by atoms with Crippen molar-refractivity contribution in [1.29, 1.82) is 0 Å². The lowest BCUT2D eigenvalue weighted by Crippen LogP contribution is -2.46. The van der Waals surface area contributed by atoms with Crippen molar-refractivity contribution in [2.75, 3.05) is 13.1 Å². The van der Waals surface area contributed by atoms with E-state index in [1.165, 1.54) is 0 Å². The number of carbonyl (C=O) groups excluding carboxylic acids is 1. The van der Waals surface area contributed by atoms with Crippen molar-refractivity contribution in [3.8, 4) is 0 Å². The first-order chi connectivity index (χ1) is 6.35. The van der Waals surface area contributed by atoms with Crippen LogP contribution in [0.25, 0.3) is 0 Å². The number of rotatable bonds is 2. The number of hydrogen-bond donors (Lipinski definition) is 0. The summed E-state index contributed by atoms with van der Waals surface area (Å²) in [5.41, 5.74) is 0. The van der Waals surface area contributed by atoms with E-state index in [4.69, 9.17) is 0 Å². The molecule has 0 radical (unpaired) electrons. The second kappa shape index (κ2) is 3.74. The molecule has 1 atom stereocenters. The lowest BCUT2D eigenvalue weighted by Gasteiger charge is -2.22. The van der Waals surface area contributed by atoms with Crippen molar-refractivity contribution in [2.24, 2.45) is 5.92 Å². The molecule has 1 aliphatic rings. The van der Waals surface area contributed by atoms with Crippen LogP contribution in [-0.2, 0) is 4.79 Å². The van der Waals surface area contributed by atoms with E-state index in [-0.39, 0.29) is 19.0 Å². The molecule has 0 N–H and O–H groups in total. The largest absolute Gasteiger partial charge is 0.383 e. The average Bonchev–Trinajstić information content (AvgIpc) is 2.50. The Morgan fingerprint density at radius 2 is 2.07 bits per heavy atom. The molecule has 1 unspecified atom stereocenters. The number of amides is 1. The quantitative estimate of drug-likeness (QED) is 0.640. The van der Waals surface area contributed by atoms with Crippen molar-refractivity contribution in [2.45, 2.75) is 25.7 Å². The summed E-state index contributed by atoms with van der Waals surface area (Å²) in [6.07, 6.45) is -3.34. The van der Waals surface area contributed by atoms with Crippen LogP contribution < -0.4 is 0 Å². The van der Waals surface area contributed by atoms with Gasteiger partial charge in [-0.25, -0.2) is 8.78 Å². The minimum atomic E-state index is -4.54. The van der Waals surface area contributed by atoms with Crippen molar-refractivity contribution < 1.29 is 22.4 Å². The average molecular weight is 213 g/mol. The first-order valence-electron chi connectivity index (χ1n) is 4.31. The van der Waals surface area contributed by atoms with Gasteiger partial charge in [-0.2, -0.15) is 8.78 Å². The SMILES string of the molecule is CC1CCN(C(=O)C(F)(F)C(F)F)C1. The Morgan fingerprint density at radius 1 is 1.50 bits per heavy atom. The predicted molar refractivity (Wildman–Crippen MR) is 41.3 cm³/mol. The van der Waals surface area contributed by atoms with Crippen LogP contribution in [0.15, 0.2) is 0 Å². The molecular formula is C8H11F4NO. The molecule has 1 aliphatic heterocycles. The fraction of sp³-hybridized carbons (Fsp3) is 0.875. The lowest BCUT2D eigenvalue weighted by atomic mass is 10.2. The fourth-order valence-electron chi connectivity index (χ4n) is 1.42. The van der Waals surface area contributed by atoms with Gasteiger partial charge in [-0.3, -0.25) is 4.79 Å². The maximum absolute atomic E-state index is 12.6. The van der Waals surface area contributed by atoms with E-state index < -0.39 is 18.3 Å². The van der Waals surface area contributed by atoms with Crippen molar-refractivity contribution in [1.82, 2.24) is 4.90 Å². The Hall–Kier alpha value is -0.810. The number of nitrogens with zero attached hydrogens (tertiary/aromatic N) is 1. The van der Waals surface area contributed by atoms with Gasteiger partial charge in [-0.1, -0.05) is 6.92 Å². The molecule has 14 heavy (non-hydrogen) atoms. The predicted octanol–water partition coefficient (Wildman–Crippen LogP) is 1.76. The van der Waals surface area contributed by atoms with Crippen LogP contribution in [0.1, 0.15) is 13.3 Å². The number of carbonyl (C=O) groups is 1. The lowest BCUT2D eigenvalue weighted by molar-refractivity contribution is -0.179. The normalized spacial score (nSPS) is 23.3. The van der Waals surface area contributed by atoms with E-state index >= 15 is 0 Å². The van der Waals surface area contributed by atoms with Gasteiger partial charge < -0.3 is 4.90 Å². The molecule has 1 amide bonds. The summed E-state index contributed by atoms with van der Waals surface area (Å²) in [5, 5.41) is 0. The highest BCUT2D eigenvalue weighted by Gasteiger charge is 2.51. The zero-order valence-corrected chi connectivity index (χ0v) is 7.64. The Morgan fingerprint density at radius 3 is 2.43 bits per heavy atom. The van der Waals surface area contributed by atoms with E-state index in [1.807, 2.05) is 0 Å². The Bertz CT molecular complexity index is 231. The summed E-state index contributed by atoms with van der Waals surface area (Å²) in [6, 6.07) is 0. The minimum Gasteiger partial charge on any atom is -0.337 e. The Labute approximate surface area is 78.9 Å². The zero-order chi connectivity index (χ0) is 10.9. The van der Waals surface area contributed by atoms with Gasteiger partial charge in [-0.05, 0) is 12.3 Å². The first kappa shape index (κ1) is 11.3. The molecule has 0 aromatic carbocycles. The van der Waals surface area contributed by atoms with Gasteiger partial charge in [0, 0.05) is 13.1 Å². The van der Waals surface area contributed by atoms with Crippen LogP contribution in [0.2, 0.25) is 0 Å². The summed E-state index contributed by atoms with van der Waals surface area (Å²) in [5.74, 6) is -6.19. The van der Waals surface area contributed by atoms with Gasteiger partial charge in [0.2, 0.25) is 0 Å². The van der Waals surface area contributed by atoms with E-state index in [9.17, 15) is 22.4 Å². The van der Waals surface area contributed by atoms with Crippen molar-refractivity contribution in [3.05, 3.63) is 0 Å². The summed E-state index contributed by atoms with van der Waals surface area (Å²) in [4.78, 5) is 11.8. The second-order valence-corrected chi connectivity index (χ2v) is 3.57. The van der Waals surface area contributed by atoms with Gasteiger partial charge in [-0.15, -0.1) is 0 Å². The first-order valence-corrected chi connectivity index (χ1v) is 4.31. The molecule has 82 valence electrons. The van der Waals surface area contributed by atoms with Crippen LogP contribution in [0, 0.1) is 5.92 Å². The smallest absolute Gasteiger partial charge is 0.337 e. The molecule has 1 heterocycles. The monoisotopic (exact) mass is 213 g/mol. The van der Waals surface area contributed by atoms with Crippen LogP contribution >= 0.6 is 0 Å². The number of hydrogen-bond acceptors (Lipinski definition) is 1. The topological polar surface area (TPSA) is 20.3 Å². The maximum Gasteiger partial charge on any atom is 0.383 e. The Kier molecular flexibility index (Phi) is 3.01. The fourth-order valence-corrected chi connectivity index (χ4v) is 1.42. The van der Waals surface area contributed by atoms with Crippen molar-refractivity contribution in [3.63, 3.8) is 0 Å². The van der Waals surface area contributed by atoms with Gasteiger partial charge in [0.25, 0.3) is 5.91 Å². The highest BCUT2D eigenvalue weighted by atomic mass is 19.3. The van der Waals surface area contributed by atoms with Crippen LogP contribution in [0.4, 0.5) is 17.6 Å². The molecule has 6 heteroatoms. The van der Waals surface area contributed by atoms with Gasteiger partial charge in [0.05, 0.1) is 0 Å². The van der Waals surface area contributed by atoms with Gasteiger partial charge in [0.1, 0.15) is 0 Å². The van der Waals surface area contributed by atoms with Crippen LogP contribution in [-0.4, -0.2) is 36.2 Å². The molecule has 1 saturated heterocycles. The van der Waals surface area contributed by atoms with Crippen LogP contribution in [0.3, 0.4) is 0 Å². The molecule has 0 aliphatic carbocycles. The third-order valence-electron chi connectivity index (χ3n) is 2.27. The van der Waals surface area contributed by atoms with Gasteiger partial charge >= 0.3 is 12.3 Å². The van der Waals surface area contributed by atoms with E-state index in [2.05, 4.69) is 0 Å². The molecule has 1 rings (SSSR count). The highest BCUT2D eigenvalue weighted by Crippen LogP contribution is 2.28. The standard InChI is InChI=1S/C8H11F4NO/c1-5-2-3-13(4-5)7(14)8(11,12)6(9)10/h5-6H,2-4H2,1H3. The summed E-state index contributed by atoms with van der Waals surface area (Å²) >= 11 is 0. The molecule has 0 bridgehead atoms. The second-order valence-electron chi connectivity index (χ2n) is 3.57. The number of halogens is 4. The summed E-state index contributed by atoms with van der Waals surface area (Å²) < 4.78 is 48.8. The third kappa shape index (κ3) is 1.99. The Balaban J connectivity index is 2.65. The molecule has 0 aromatic rings. The summed E-state index contributed by atoms with van der Waals surface area (Å²) in [6.45, 7) is 2.07. The molecule has 0 spiro atoms. The van der Waals surface area contributed by atoms with Crippen LogP contribution in [0.5, 0.6) is 0 Å². The molecule has 0 aromatic heterocycles. The summed E-state index contributed by atoms with van der Waals surface area (Å²) in [7, 11) is 0. The number of likely N-dealkylation sites (tertiary alicyclic amines) is 1. The molecule has 1 fully saturated rings. The van der Waals surface area contributed by atoms with Crippen molar-refractivity contribution >= 4 is 5.91 Å².